The number of hydrogen-bond acceptors (Lipinski definition) is 5. The molecule has 1 aromatic carbocycles. The number of ether oxygens (including phenoxy) is 1. The molecule has 0 radical (unpaired) electrons. The Balaban J connectivity index is 1.34. The molecule has 3 aliphatic heterocycles. The van der Waals surface area contributed by atoms with Crippen LogP contribution in [-0.2, 0) is 20.9 Å². The third-order valence-corrected chi connectivity index (χ3v) is 6.73. The van der Waals surface area contributed by atoms with Crippen molar-refractivity contribution in [3.8, 4) is 0 Å². The molecule has 7 nitrogen and oxygen atoms in total. The van der Waals surface area contributed by atoms with Crippen LogP contribution >= 0.6 is 0 Å². The number of carbonyl (C=O) groups is 2. The normalized spacial score (nSPS) is 22.8. The predicted octanol–water partition coefficient (Wildman–Crippen LogP) is 2.48. The fourth-order valence-electron chi connectivity index (χ4n) is 4.75. The van der Waals surface area contributed by atoms with Crippen molar-refractivity contribution in [3.63, 3.8) is 0 Å². The van der Waals surface area contributed by atoms with Gasteiger partial charge in [0.25, 0.3) is 5.91 Å². The van der Waals surface area contributed by atoms with E-state index in [9.17, 15) is 9.59 Å². The lowest BCUT2D eigenvalue weighted by atomic mass is 9.95. The van der Waals surface area contributed by atoms with Crippen molar-refractivity contribution in [2.24, 2.45) is 11.0 Å². The van der Waals surface area contributed by atoms with Gasteiger partial charge in [0.05, 0.1) is 6.10 Å². The van der Waals surface area contributed by atoms with Gasteiger partial charge < -0.3 is 9.64 Å². The zero-order valence-electron chi connectivity index (χ0n) is 18.5. The summed E-state index contributed by atoms with van der Waals surface area (Å²) in [6.07, 6.45) is 5.10. The van der Waals surface area contributed by atoms with Crippen LogP contribution in [0.25, 0.3) is 0 Å². The average molecular weight is 427 g/mol. The van der Waals surface area contributed by atoms with Gasteiger partial charge in [0.1, 0.15) is 5.71 Å². The van der Waals surface area contributed by atoms with Gasteiger partial charge in [0.2, 0.25) is 5.91 Å². The number of piperidine rings is 1. The number of aryl methyl sites for hydroxylation is 1. The Bertz CT molecular complexity index is 811. The van der Waals surface area contributed by atoms with Crippen LogP contribution in [0.2, 0.25) is 0 Å². The average Bonchev–Trinajstić information content (AvgIpc) is 3.29. The van der Waals surface area contributed by atoms with E-state index < -0.39 is 0 Å². The number of carbonyl (C=O) groups excluding carboxylic acids is 2. The second-order valence-corrected chi connectivity index (χ2v) is 9.08. The molecule has 2 saturated heterocycles. The molecule has 168 valence electrons. The van der Waals surface area contributed by atoms with E-state index in [4.69, 9.17) is 4.74 Å². The van der Waals surface area contributed by atoms with E-state index >= 15 is 0 Å². The molecule has 1 atom stereocenters. The maximum atomic E-state index is 13.2. The fraction of sp³-hybridized carbons (Fsp3) is 0.625. The fourth-order valence-corrected chi connectivity index (χ4v) is 4.75. The molecule has 3 aliphatic rings. The van der Waals surface area contributed by atoms with Crippen LogP contribution in [0.3, 0.4) is 0 Å². The molecular formula is C24H34N4O3. The summed E-state index contributed by atoms with van der Waals surface area (Å²) in [5.41, 5.74) is 5.67. The third-order valence-electron chi connectivity index (χ3n) is 6.73. The summed E-state index contributed by atoms with van der Waals surface area (Å²) < 4.78 is 5.81. The zero-order chi connectivity index (χ0) is 21.6. The first-order valence-electron chi connectivity index (χ1n) is 11.6. The molecular weight excluding hydrogens is 392 g/mol. The van der Waals surface area contributed by atoms with Gasteiger partial charge in [-0.3, -0.25) is 14.5 Å². The highest BCUT2D eigenvalue weighted by molar-refractivity contribution is 6.39. The lowest BCUT2D eigenvalue weighted by Gasteiger charge is -2.36. The highest BCUT2D eigenvalue weighted by Crippen LogP contribution is 2.23. The van der Waals surface area contributed by atoms with Gasteiger partial charge in [-0.1, -0.05) is 24.3 Å². The minimum atomic E-state index is -0.122. The van der Waals surface area contributed by atoms with Crippen LogP contribution < -0.4 is 5.43 Å². The minimum Gasteiger partial charge on any atom is -0.376 e. The van der Waals surface area contributed by atoms with Crippen molar-refractivity contribution in [2.75, 3.05) is 32.8 Å². The van der Waals surface area contributed by atoms with Crippen LogP contribution in [0.15, 0.2) is 29.4 Å². The van der Waals surface area contributed by atoms with E-state index in [-0.39, 0.29) is 17.9 Å². The second-order valence-electron chi connectivity index (χ2n) is 9.08. The van der Waals surface area contributed by atoms with Crippen LogP contribution in [0, 0.1) is 12.8 Å². The Kier molecular flexibility index (Phi) is 7.35. The number of hydrogen-bond donors (Lipinski definition) is 1. The molecule has 1 unspecified atom stereocenters. The first kappa shape index (κ1) is 22.0. The molecule has 7 heteroatoms. The number of rotatable bonds is 7. The number of hydrazone groups is 1. The maximum absolute atomic E-state index is 13.2. The molecule has 0 aromatic heterocycles. The van der Waals surface area contributed by atoms with Crippen molar-refractivity contribution in [1.29, 1.82) is 0 Å². The summed E-state index contributed by atoms with van der Waals surface area (Å²) in [7, 11) is 0. The highest BCUT2D eigenvalue weighted by atomic mass is 16.5. The second kappa shape index (κ2) is 10.4. The number of likely N-dealkylation sites (tertiary alicyclic amines) is 1. The Hall–Kier alpha value is -2.25. The molecule has 2 amide bonds. The summed E-state index contributed by atoms with van der Waals surface area (Å²) in [5, 5.41) is 4.04. The van der Waals surface area contributed by atoms with Gasteiger partial charge in [0.15, 0.2) is 0 Å². The smallest absolute Gasteiger partial charge is 0.270 e. The number of benzene rings is 1. The molecule has 31 heavy (non-hydrogen) atoms. The molecule has 4 rings (SSSR count). The summed E-state index contributed by atoms with van der Waals surface area (Å²) in [4.78, 5) is 29.1. The van der Waals surface area contributed by atoms with Crippen molar-refractivity contribution >= 4 is 17.5 Å². The Morgan fingerprint density at radius 1 is 1.19 bits per heavy atom. The number of amides is 2. The Morgan fingerprint density at radius 2 is 2.00 bits per heavy atom. The number of nitrogens with one attached hydrogen (secondary N) is 1. The summed E-state index contributed by atoms with van der Waals surface area (Å²) >= 11 is 0. The van der Waals surface area contributed by atoms with Crippen molar-refractivity contribution < 1.29 is 14.3 Å². The van der Waals surface area contributed by atoms with Gasteiger partial charge in [-0.25, -0.2) is 5.43 Å². The SMILES string of the molecule is Cc1ccccc1CN1CCC(CN(CC2CCCO2)C(=O)C2=NNC(=O)CC2)CC1. The first-order valence-corrected chi connectivity index (χ1v) is 11.6. The van der Waals surface area contributed by atoms with Gasteiger partial charge in [-0.05, 0) is 62.7 Å². The summed E-state index contributed by atoms with van der Waals surface area (Å²) in [5.74, 6) is 0.318. The van der Waals surface area contributed by atoms with Gasteiger partial charge in [-0.2, -0.15) is 5.10 Å². The number of nitrogens with zero attached hydrogens (tertiary/aromatic N) is 3. The Labute approximate surface area is 184 Å². The molecule has 0 aliphatic carbocycles. The first-order chi connectivity index (χ1) is 15.1. The topological polar surface area (TPSA) is 74.2 Å². The molecule has 1 aromatic rings. The molecule has 0 spiro atoms. The molecule has 0 saturated carbocycles. The van der Waals surface area contributed by atoms with E-state index in [2.05, 4.69) is 46.6 Å². The van der Waals surface area contributed by atoms with Crippen LogP contribution in [0.1, 0.15) is 49.7 Å². The van der Waals surface area contributed by atoms with Gasteiger partial charge in [0, 0.05) is 39.1 Å². The lowest BCUT2D eigenvalue weighted by molar-refractivity contribution is -0.127. The van der Waals surface area contributed by atoms with Gasteiger partial charge >= 0.3 is 0 Å². The lowest BCUT2D eigenvalue weighted by Crippen LogP contribution is -2.47. The monoisotopic (exact) mass is 426 g/mol. The highest BCUT2D eigenvalue weighted by Gasteiger charge is 2.30. The minimum absolute atomic E-state index is 0.0437. The molecule has 2 fully saturated rings. The zero-order valence-corrected chi connectivity index (χ0v) is 18.5. The van der Waals surface area contributed by atoms with Crippen LogP contribution in [0.5, 0.6) is 0 Å². The van der Waals surface area contributed by atoms with E-state index in [1.54, 1.807) is 0 Å². The summed E-state index contributed by atoms with van der Waals surface area (Å²) in [6, 6.07) is 8.59. The van der Waals surface area contributed by atoms with Crippen LogP contribution in [0.4, 0.5) is 0 Å². The van der Waals surface area contributed by atoms with Crippen molar-refractivity contribution in [3.05, 3.63) is 35.4 Å². The largest absolute Gasteiger partial charge is 0.376 e. The van der Waals surface area contributed by atoms with E-state index in [0.29, 0.717) is 31.0 Å². The predicted molar refractivity (Wildman–Crippen MR) is 120 cm³/mol. The Morgan fingerprint density at radius 3 is 2.68 bits per heavy atom. The quantitative estimate of drug-likeness (QED) is 0.727. The molecule has 0 bridgehead atoms. The van der Waals surface area contributed by atoms with Crippen molar-refractivity contribution in [1.82, 2.24) is 15.2 Å². The molecule has 1 N–H and O–H groups in total. The van der Waals surface area contributed by atoms with Crippen molar-refractivity contribution in [2.45, 2.75) is 58.1 Å². The van der Waals surface area contributed by atoms with Crippen LogP contribution in [-0.4, -0.2) is 66.2 Å². The summed E-state index contributed by atoms with van der Waals surface area (Å²) in [6.45, 7) is 7.41. The maximum Gasteiger partial charge on any atom is 0.270 e. The molecule has 3 heterocycles. The van der Waals surface area contributed by atoms with E-state index in [1.807, 2.05) is 4.90 Å². The van der Waals surface area contributed by atoms with Gasteiger partial charge in [-0.15, -0.1) is 0 Å². The third kappa shape index (κ3) is 5.92. The van der Waals surface area contributed by atoms with E-state index in [0.717, 1.165) is 58.5 Å². The standard InChI is InChI=1S/C24H34N4O3/c1-18-5-2-3-6-20(18)16-27-12-10-19(11-13-27)15-28(17-21-7-4-14-31-21)24(30)22-8-9-23(29)26-25-22/h2-3,5-6,19,21H,4,7-17H2,1H3,(H,26,29). The van der Waals surface area contributed by atoms with E-state index in [1.165, 1.54) is 11.1 Å².